The van der Waals surface area contributed by atoms with Gasteiger partial charge in [0.2, 0.25) is 0 Å². The molecular weight excluding hydrogens is 270 g/mol. The second kappa shape index (κ2) is 6.17. The van der Waals surface area contributed by atoms with E-state index >= 15 is 0 Å². The molecule has 0 unspecified atom stereocenters. The zero-order valence-electron chi connectivity index (χ0n) is 11.8. The van der Waals surface area contributed by atoms with Crippen molar-refractivity contribution in [1.82, 2.24) is 0 Å². The van der Waals surface area contributed by atoms with E-state index in [4.69, 9.17) is 4.74 Å². The van der Waals surface area contributed by atoms with Crippen molar-refractivity contribution in [2.45, 2.75) is 20.5 Å². The molecule has 21 heavy (non-hydrogen) atoms. The van der Waals surface area contributed by atoms with E-state index in [9.17, 15) is 14.9 Å². The van der Waals surface area contributed by atoms with Crippen LogP contribution in [-0.2, 0) is 11.3 Å². The van der Waals surface area contributed by atoms with Crippen molar-refractivity contribution in [2.24, 2.45) is 0 Å². The monoisotopic (exact) mass is 285 g/mol. The van der Waals surface area contributed by atoms with Gasteiger partial charge in [0, 0.05) is 11.6 Å². The fourth-order valence-electron chi connectivity index (χ4n) is 1.93. The Morgan fingerprint density at radius 1 is 1.14 bits per heavy atom. The van der Waals surface area contributed by atoms with E-state index in [2.05, 4.69) is 0 Å². The molecule has 0 saturated carbocycles. The average molecular weight is 285 g/mol. The number of carbonyl (C=O) groups excluding carboxylic acids is 1. The standard InChI is InChI=1S/C16H15NO4/c1-11-5-3-4-6-14(11)10-21-16(18)13-8-7-12(2)15(9-13)17(19)20/h3-9H,10H2,1-2H3. The number of ether oxygens (including phenoxy) is 1. The van der Waals surface area contributed by atoms with Crippen LogP contribution in [0.15, 0.2) is 42.5 Å². The second-order valence-electron chi connectivity index (χ2n) is 4.76. The maximum atomic E-state index is 12.0. The van der Waals surface area contributed by atoms with Crippen LogP contribution >= 0.6 is 0 Å². The third kappa shape index (κ3) is 3.45. The lowest BCUT2D eigenvalue weighted by Crippen LogP contribution is -2.07. The number of aryl methyl sites for hydroxylation is 2. The van der Waals surface area contributed by atoms with Crippen molar-refractivity contribution in [1.29, 1.82) is 0 Å². The van der Waals surface area contributed by atoms with Crippen LogP contribution in [0.4, 0.5) is 5.69 Å². The Morgan fingerprint density at radius 2 is 1.86 bits per heavy atom. The van der Waals surface area contributed by atoms with Crippen molar-refractivity contribution < 1.29 is 14.5 Å². The van der Waals surface area contributed by atoms with Gasteiger partial charge in [-0.15, -0.1) is 0 Å². The number of nitro benzene ring substituents is 1. The van der Waals surface area contributed by atoms with E-state index in [1.54, 1.807) is 13.0 Å². The van der Waals surface area contributed by atoms with Gasteiger partial charge in [0.1, 0.15) is 6.61 Å². The Balaban J connectivity index is 2.12. The minimum absolute atomic E-state index is 0.0830. The Hall–Kier alpha value is -2.69. The summed E-state index contributed by atoms with van der Waals surface area (Å²) in [6.45, 7) is 3.70. The van der Waals surface area contributed by atoms with Gasteiger partial charge in [0.05, 0.1) is 10.5 Å². The molecule has 0 radical (unpaired) electrons. The Bertz CT molecular complexity index is 694. The minimum Gasteiger partial charge on any atom is -0.457 e. The van der Waals surface area contributed by atoms with Gasteiger partial charge in [-0.2, -0.15) is 0 Å². The fourth-order valence-corrected chi connectivity index (χ4v) is 1.93. The predicted octanol–water partition coefficient (Wildman–Crippen LogP) is 3.57. The molecule has 0 aliphatic heterocycles. The first-order valence-corrected chi connectivity index (χ1v) is 6.45. The summed E-state index contributed by atoms with van der Waals surface area (Å²) < 4.78 is 5.21. The van der Waals surface area contributed by atoms with Crippen molar-refractivity contribution in [3.63, 3.8) is 0 Å². The van der Waals surface area contributed by atoms with Crippen molar-refractivity contribution in [3.8, 4) is 0 Å². The number of benzene rings is 2. The smallest absolute Gasteiger partial charge is 0.338 e. The Morgan fingerprint density at radius 3 is 2.52 bits per heavy atom. The molecule has 2 aromatic rings. The largest absolute Gasteiger partial charge is 0.457 e. The molecule has 0 saturated heterocycles. The molecular formula is C16H15NO4. The second-order valence-corrected chi connectivity index (χ2v) is 4.76. The summed E-state index contributed by atoms with van der Waals surface area (Å²) in [5, 5.41) is 10.9. The third-order valence-electron chi connectivity index (χ3n) is 3.26. The van der Waals surface area contributed by atoms with E-state index < -0.39 is 10.9 Å². The van der Waals surface area contributed by atoms with E-state index in [-0.39, 0.29) is 17.9 Å². The summed E-state index contributed by atoms with van der Waals surface area (Å²) >= 11 is 0. The van der Waals surface area contributed by atoms with Crippen LogP contribution in [-0.4, -0.2) is 10.9 Å². The molecule has 5 nitrogen and oxygen atoms in total. The lowest BCUT2D eigenvalue weighted by molar-refractivity contribution is -0.385. The number of hydrogen-bond donors (Lipinski definition) is 0. The maximum absolute atomic E-state index is 12.0. The van der Waals surface area contributed by atoms with Gasteiger partial charge < -0.3 is 4.74 Å². The van der Waals surface area contributed by atoms with Gasteiger partial charge in [-0.3, -0.25) is 10.1 Å². The van der Waals surface area contributed by atoms with Crippen LogP contribution in [0.5, 0.6) is 0 Å². The van der Waals surface area contributed by atoms with Crippen molar-refractivity contribution in [2.75, 3.05) is 0 Å². The summed E-state index contributed by atoms with van der Waals surface area (Å²) in [5.41, 5.74) is 2.55. The number of nitrogens with zero attached hydrogens (tertiary/aromatic N) is 1. The summed E-state index contributed by atoms with van der Waals surface area (Å²) in [6, 6.07) is 11.9. The Kier molecular flexibility index (Phi) is 4.33. The highest BCUT2D eigenvalue weighted by Gasteiger charge is 2.16. The van der Waals surface area contributed by atoms with E-state index in [0.717, 1.165) is 11.1 Å². The molecule has 2 rings (SSSR count). The molecule has 0 aliphatic carbocycles. The number of carbonyl (C=O) groups is 1. The van der Waals surface area contributed by atoms with Crippen LogP contribution < -0.4 is 0 Å². The molecule has 0 amide bonds. The summed E-state index contributed by atoms with van der Waals surface area (Å²) in [6.07, 6.45) is 0. The highest BCUT2D eigenvalue weighted by molar-refractivity contribution is 5.90. The number of nitro groups is 1. The lowest BCUT2D eigenvalue weighted by atomic mass is 10.1. The van der Waals surface area contributed by atoms with E-state index in [1.165, 1.54) is 12.1 Å². The van der Waals surface area contributed by atoms with Crippen LogP contribution in [0.25, 0.3) is 0 Å². The predicted molar refractivity (Wildman–Crippen MR) is 78.1 cm³/mol. The van der Waals surface area contributed by atoms with Crippen LogP contribution in [0.3, 0.4) is 0 Å². The first-order chi connectivity index (χ1) is 9.99. The summed E-state index contributed by atoms with van der Waals surface area (Å²) in [7, 11) is 0. The molecule has 0 spiro atoms. The Labute approximate surface area is 122 Å². The summed E-state index contributed by atoms with van der Waals surface area (Å²) in [4.78, 5) is 22.3. The number of rotatable bonds is 4. The quantitative estimate of drug-likeness (QED) is 0.489. The molecule has 0 bridgehead atoms. The molecule has 2 aromatic carbocycles. The molecule has 0 aliphatic rings. The normalized spacial score (nSPS) is 10.2. The van der Waals surface area contributed by atoms with E-state index in [1.807, 2.05) is 31.2 Å². The van der Waals surface area contributed by atoms with Crippen LogP contribution in [0.2, 0.25) is 0 Å². The minimum atomic E-state index is -0.568. The van der Waals surface area contributed by atoms with Crippen molar-refractivity contribution >= 4 is 11.7 Å². The molecule has 0 atom stereocenters. The first kappa shape index (κ1) is 14.7. The first-order valence-electron chi connectivity index (χ1n) is 6.45. The van der Waals surface area contributed by atoms with E-state index in [0.29, 0.717) is 5.56 Å². The van der Waals surface area contributed by atoms with Gasteiger partial charge in [0.15, 0.2) is 0 Å². The van der Waals surface area contributed by atoms with Crippen molar-refractivity contribution in [3.05, 3.63) is 74.8 Å². The maximum Gasteiger partial charge on any atom is 0.338 e. The van der Waals surface area contributed by atoms with Crippen LogP contribution in [0.1, 0.15) is 27.0 Å². The molecule has 5 heteroatoms. The topological polar surface area (TPSA) is 69.4 Å². The number of hydrogen-bond acceptors (Lipinski definition) is 4. The molecule has 0 N–H and O–H groups in total. The highest BCUT2D eigenvalue weighted by atomic mass is 16.6. The zero-order chi connectivity index (χ0) is 15.4. The zero-order valence-corrected chi connectivity index (χ0v) is 11.8. The molecule has 0 aromatic heterocycles. The third-order valence-corrected chi connectivity index (χ3v) is 3.26. The van der Waals surface area contributed by atoms with Gasteiger partial charge in [-0.05, 0) is 31.0 Å². The lowest BCUT2D eigenvalue weighted by Gasteiger charge is -2.07. The molecule has 0 fully saturated rings. The summed E-state index contributed by atoms with van der Waals surface area (Å²) in [5.74, 6) is -0.568. The van der Waals surface area contributed by atoms with Gasteiger partial charge in [0.25, 0.3) is 5.69 Å². The number of esters is 1. The SMILES string of the molecule is Cc1ccccc1COC(=O)c1ccc(C)c([N+](=O)[O-])c1. The van der Waals surface area contributed by atoms with Crippen LogP contribution in [0, 0.1) is 24.0 Å². The highest BCUT2D eigenvalue weighted by Crippen LogP contribution is 2.20. The van der Waals surface area contributed by atoms with Gasteiger partial charge in [-0.25, -0.2) is 4.79 Å². The molecule has 108 valence electrons. The molecule has 0 heterocycles. The van der Waals surface area contributed by atoms with Gasteiger partial charge in [-0.1, -0.05) is 30.3 Å². The van der Waals surface area contributed by atoms with Gasteiger partial charge >= 0.3 is 5.97 Å². The average Bonchev–Trinajstić information content (AvgIpc) is 2.46. The fraction of sp³-hybridized carbons (Fsp3) is 0.188.